The predicted octanol–water partition coefficient (Wildman–Crippen LogP) is 2.69. The van der Waals surface area contributed by atoms with Crippen molar-refractivity contribution in [3.8, 4) is 0 Å². The summed E-state index contributed by atoms with van der Waals surface area (Å²) in [4.78, 5) is 29.1. The van der Waals surface area contributed by atoms with E-state index in [1.54, 1.807) is 17.9 Å². The third-order valence-electron chi connectivity index (χ3n) is 5.29. The van der Waals surface area contributed by atoms with E-state index in [1.165, 1.54) is 5.56 Å². The van der Waals surface area contributed by atoms with Crippen molar-refractivity contribution in [2.24, 2.45) is 0 Å². The zero-order chi connectivity index (χ0) is 20.4. The van der Waals surface area contributed by atoms with Gasteiger partial charge in [-0.05, 0) is 45.7 Å². The van der Waals surface area contributed by atoms with Crippen LogP contribution in [0.4, 0.5) is 5.69 Å². The van der Waals surface area contributed by atoms with Crippen molar-refractivity contribution in [3.63, 3.8) is 0 Å². The quantitative estimate of drug-likeness (QED) is 0.877. The van der Waals surface area contributed by atoms with E-state index in [2.05, 4.69) is 34.4 Å². The molecule has 150 valence electrons. The fraction of sp³-hybridized carbons (Fsp3) is 0.476. The molecule has 0 spiro atoms. The Bertz CT molecular complexity index is 859. The van der Waals surface area contributed by atoms with Gasteiger partial charge < -0.3 is 14.7 Å². The molecule has 1 atom stereocenters. The SMILES string of the molecule is Cc1cc(C)c(NC(=O)C(C)N2CCN(C(=O)c3cc(C)no3)CC2)c(C)c1. The van der Waals surface area contributed by atoms with Crippen molar-refractivity contribution in [1.29, 1.82) is 0 Å². The third kappa shape index (κ3) is 4.25. The van der Waals surface area contributed by atoms with Crippen LogP contribution in [0.15, 0.2) is 22.7 Å². The molecule has 3 rings (SSSR count). The fourth-order valence-electron chi connectivity index (χ4n) is 3.70. The molecule has 2 heterocycles. The highest BCUT2D eigenvalue weighted by Gasteiger charge is 2.29. The molecule has 0 bridgehead atoms. The highest BCUT2D eigenvalue weighted by atomic mass is 16.5. The van der Waals surface area contributed by atoms with Crippen LogP contribution in [0.2, 0.25) is 0 Å². The van der Waals surface area contributed by atoms with Crippen molar-refractivity contribution in [2.45, 2.75) is 40.7 Å². The molecule has 1 unspecified atom stereocenters. The average Bonchev–Trinajstić information content (AvgIpc) is 3.09. The van der Waals surface area contributed by atoms with Gasteiger partial charge in [0.2, 0.25) is 11.7 Å². The van der Waals surface area contributed by atoms with Crippen LogP contribution in [0.5, 0.6) is 0 Å². The summed E-state index contributed by atoms with van der Waals surface area (Å²) in [7, 11) is 0. The number of carbonyl (C=O) groups excluding carboxylic acids is 2. The van der Waals surface area contributed by atoms with Gasteiger partial charge in [-0.1, -0.05) is 22.9 Å². The molecule has 2 amide bonds. The molecule has 0 aliphatic carbocycles. The summed E-state index contributed by atoms with van der Waals surface area (Å²) in [5.74, 6) is 0.0889. The number of benzene rings is 1. The van der Waals surface area contributed by atoms with Gasteiger partial charge in [0.25, 0.3) is 5.91 Å². The first-order chi connectivity index (χ1) is 13.3. The first-order valence-corrected chi connectivity index (χ1v) is 9.61. The van der Waals surface area contributed by atoms with Crippen LogP contribution in [-0.2, 0) is 4.79 Å². The van der Waals surface area contributed by atoms with Crippen molar-refractivity contribution in [3.05, 3.63) is 46.3 Å². The first kappa shape index (κ1) is 20.1. The van der Waals surface area contributed by atoms with Crippen LogP contribution >= 0.6 is 0 Å². The Kier molecular flexibility index (Phi) is 5.84. The standard InChI is InChI=1S/C21H28N4O3/c1-13-10-14(2)19(15(3)11-13)22-20(26)17(5)24-6-8-25(9-7-24)21(27)18-12-16(4)23-28-18/h10-12,17H,6-9H2,1-5H3,(H,22,26). The van der Waals surface area contributed by atoms with Gasteiger partial charge in [-0.3, -0.25) is 14.5 Å². The zero-order valence-corrected chi connectivity index (χ0v) is 17.2. The Morgan fingerprint density at radius 2 is 1.64 bits per heavy atom. The second-order valence-electron chi connectivity index (χ2n) is 7.60. The van der Waals surface area contributed by atoms with E-state index in [1.807, 2.05) is 20.8 Å². The van der Waals surface area contributed by atoms with E-state index in [4.69, 9.17) is 4.52 Å². The van der Waals surface area contributed by atoms with Crippen molar-refractivity contribution < 1.29 is 14.1 Å². The van der Waals surface area contributed by atoms with Crippen LogP contribution < -0.4 is 5.32 Å². The van der Waals surface area contributed by atoms with Crippen LogP contribution in [-0.4, -0.2) is 59.0 Å². The van der Waals surface area contributed by atoms with Crippen molar-refractivity contribution in [2.75, 3.05) is 31.5 Å². The van der Waals surface area contributed by atoms with Gasteiger partial charge in [-0.15, -0.1) is 0 Å². The second kappa shape index (κ2) is 8.14. The van der Waals surface area contributed by atoms with Gasteiger partial charge in [0.05, 0.1) is 11.7 Å². The predicted molar refractivity (Wildman–Crippen MR) is 107 cm³/mol. The average molecular weight is 384 g/mol. The minimum absolute atomic E-state index is 0.0271. The van der Waals surface area contributed by atoms with Crippen molar-refractivity contribution in [1.82, 2.24) is 15.0 Å². The number of piperazine rings is 1. The lowest BCUT2D eigenvalue weighted by atomic mass is 10.0. The molecule has 7 heteroatoms. The summed E-state index contributed by atoms with van der Waals surface area (Å²) in [6.45, 7) is 12.2. The number of nitrogens with one attached hydrogen (secondary N) is 1. The van der Waals surface area contributed by atoms with E-state index < -0.39 is 0 Å². The smallest absolute Gasteiger partial charge is 0.292 e. The molecule has 1 N–H and O–H groups in total. The number of nitrogens with zero attached hydrogens (tertiary/aromatic N) is 3. The minimum atomic E-state index is -0.273. The molecule has 0 saturated carbocycles. The number of aryl methyl sites for hydroxylation is 4. The highest BCUT2D eigenvalue weighted by molar-refractivity contribution is 5.96. The number of aromatic nitrogens is 1. The van der Waals surface area contributed by atoms with E-state index in [0.717, 1.165) is 16.8 Å². The monoisotopic (exact) mass is 384 g/mol. The van der Waals surface area contributed by atoms with Gasteiger partial charge in [0.1, 0.15) is 0 Å². The van der Waals surface area contributed by atoms with Gasteiger partial charge in [0.15, 0.2) is 0 Å². The summed E-state index contributed by atoms with van der Waals surface area (Å²) >= 11 is 0. The van der Waals surface area contributed by atoms with Gasteiger partial charge in [-0.25, -0.2) is 0 Å². The van der Waals surface area contributed by atoms with E-state index in [-0.39, 0.29) is 23.6 Å². The number of carbonyl (C=O) groups is 2. The Morgan fingerprint density at radius 1 is 1.04 bits per heavy atom. The summed E-state index contributed by atoms with van der Waals surface area (Å²) in [5, 5.41) is 6.85. The molecule has 7 nitrogen and oxygen atoms in total. The number of hydrogen-bond acceptors (Lipinski definition) is 5. The molecule has 2 aromatic rings. The number of rotatable bonds is 4. The Hall–Kier alpha value is -2.67. The Balaban J connectivity index is 1.58. The number of amides is 2. The van der Waals surface area contributed by atoms with E-state index >= 15 is 0 Å². The fourth-order valence-corrected chi connectivity index (χ4v) is 3.70. The first-order valence-electron chi connectivity index (χ1n) is 9.61. The zero-order valence-electron chi connectivity index (χ0n) is 17.2. The molecular formula is C21H28N4O3. The summed E-state index contributed by atoms with van der Waals surface area (Å²) in [6.07, 6.45) is 0. The largest absolute Gasteiger partial charge is 0.351 e. The van der Waals surface area contributed by atoms with Crippen LogP contribution in [0, 0.1) is 27.7 Å². The lowest BCUT2D eigenvalue weighted by Crippen LogP contribution is -2.54. The maximum atomic E-state index is 12.8. The molecule has 28 heavy (non-hydrogen) atoms. The van der Waals surface area contributed by atoms with Crippen molar-refractivity contribution >= 4 is 17.5 Å². The highest BCUT2D eigenvalue weighted by Crippen LogP contribution is 2.22. The number of anilines is 1. The maximum absolute atomic E-state index is 12.8. The molecule has 1 aliphatic rings. The topological polar surface area (TPSA) is 78.7 Å². The lowest BCUT2D eigenvalue weighted by Gasteiger charge is -2.37. The number of hydrogen-bond donors (Lipinski definition) is 1. The third-order valence-corrected chi connectivity index (χ3v) is 5.29. The van der Waals surface area contributed by atoms with E-state index in [0.29, 0.717) is 31.9 Å². The molecule has 1 aliphatic heterocycles. The molecule has 0 radical (unpaired) electrons. The van der Waals surface area contributed by atoms with Crippen LogP contribution in [0.25, 0.3) is 0 Å². The van der Waals surface area contributed by atoms with Crippen LogP contribution in [0.1, 0.15) is 39.9 Å². The van der Waals surface area contributed by atoms with Crippen LogP contribution in [0.3, 0.4) is 0 Å². The molecule has 1 aromatic heterocycles. The molecule has 1 saturated heterocycles. The summed E-state index contributed by atoms with van der Waals surface area (Å²) in [6, 6.07) is 5.52. The second-order valence-corrected chi connectivity index (χ2v) is 7.60. The Morgan fingerprint density at radius 3 is 2.18 bits per heavy atom. The normalized spacial score (nSPS) is 16.1. The maximum Gasteiger partial charge on any atom is 0.292 e. The van der Waals surface area contributed by atoms with E-state index in [9.17, 15) is 9.59 Å². The Labute approximate surface area is 165 Å². The summed E-state index contributed by atoms with van der Waals surface area (Å²) in [5.41, 5.74) is 4.89. The minimum Gasteiger partial charge on any atom is -0.351 e. The lowest BCUT2D eigenvalue weighted by molar-refractivity contribution is -0.121. The molecular weight excluding hydrogens is 356 g/mol. The van der Waals surface area contributed by atoms with Gasteiger partial charge >= 0.3 is 0 Å². The summed E-state index contributed by atoms with van der Waals surface area (Å²) < 4.78 is 5.07. The molecule has 1 aromatic carbocycles. The molecule has 1 fully saturated rings. The van der Waals surface area contributed by atoms with Gasteiger partial charge in [0, 0.05) is 37.9 Å². The van der Waals surface area contributed by atoms with Gasteiger partial charge in [-0.2, -0.15) is 0 Å².